The molecule has 0 bridgehead atoms. The van der Waals surface area contributed by atoms with Crippen LogP contribution in [0, 0.1) is 5.92 Å². The van der Waals surface area contributed by atoms with Crippen LogP contribution in [0.3, 0.4) is 0 Å². The number of hydrogen-bond acceptors (Lipinski definition) is 6. The summed E-state index contributed by atoms with van der Waals surface area (Å²) in [6.45, 7) is 2.34. The van der Waals surface area contributed by atoms with E-state index in [0.29, 0.717) is 0 Å². The second kappa shape index (κ2) is 14.8. The first-order chi connectivity index (χ1) is 22.4. The molecule has 6 nitrogen and oxygen atoms in total. The van der Waals surface area contributed by atoms with E-state index in [9.17, 15) is 13.5 Å². The van der Waals surface area contributed by atoms with E-state index in [1.165, 1.54) is 4.90 Å². The molecule has 1 saturated heterocycles. The molecule has 0 radical (unpaired) electrons. The molecule has 0 saturated carbocycles. The quantitative estimate of drug-likeness (QED) is 0.141. The monoisotopic (exact) mass is 651 g/mol. The standard InChI is InChI=1S/C38H37NO5S2/c1-27-36(26-45-34-14-4-2-5-15-34)43-38(44-37(27)30-20-18-28(25-40)19-21-30)33-13-9-12-32(23-33)31-11-8-10-29(22-31)24-39-46(41,42)35-16-6-3-7-17-35/h2-23,27,36-40H,24-26H2,1H3/t27-,36+,37+,38+/m0/s1. The minimum Gasteiger partial charge on any atom is -0.392 e. The predicted octanol–water partition coefficient (Wildman–Crippen LogP) is 7.91. The number of ether oxygens (including phenoxy) is 2. The SMILES string of the molecule is C[C@H]1[C@@H](CSc2ccccc2)O[C@@H](c2cccc(-c3cccc(CNS(=O)(=O)c4ccccc4)c3)c2)O[C@H]1c1ccc(CO)cc1. The molecule has 5 aromatic carbocycles. The summed E-state index contributed by atoms with van der Waals surface area (Å²) in [5.41, 5.74) is 5.62. The lowest BCUT2D eigenvalue weighted by atomic mass is 9.91. The highest BCUT2D eigenvalue weighted by Crippen LogP contribution is 2.43. The summed E-state index contributed by atoms with van der Waals surface area (Å²) in [5, 5.41) is 9.57. The van der Waals surface area contributed by atoms with Crippen molar-refractivity contribution >= 4 is 21.8 Å². The summed E-state index contributed by atoms with van der Waals surface area (Å²) in [7, 11) is -3.62. The van der Waals surface area contributed by atoms with Crippen molar-refractivity contribution in [1.29, 1.82) is 0 Å². The van der Waals surface area contributed by atoms with Gasteiger partial charge in [0.25, 0.3) is 0 Å². The van der Waals surface area contributed by atoms with Gasteiger partial charge in [-0.3, -0.25) is 0 Å². The maximum Gasteiger partial charge on any atom is 0.240 e. The Bertz CT molecular complexity index is 1830. The Morgan fingerprint density at radius 3 is 2.11 bits per heavy atom. The van der Waals surface area contributed by atoms with E-state index in [2.05, 4.69) is 29.8 Å². The zero-order valence-electron chi connectivity index (χ0n) is 25.5. The Morgan fingerprint density at radius 1 is 0.717 bits per heavy atom. The topological polar surface area (TPSA) is 84.9 Å². The number of sulfonamides is 1. The van der Waals surface area contributed by atoms with Gasteiger partial charge in [0.15, 0.2) is 6.29 Å². The van der Waals surface area contributed by atoms with Gasteiger partial charge in [-0.15, -0.1) is 11.8 Å². The molecular formula is C38H37NO5S2. The van der Waals surface area contributed by atoms with E-state index in [-0.39, 0.29) is 36.2 Å². The number of aliphatic hydroxyl groups is 1. The molecule has 0 amide bonds. The highest BCUT2D eigenvalue weighted by Gasteiger charge is 2.38. The molecule has 1 aliphatic rings. The Balaban J connectivity index is 1.23. The lowest BCUT2D eigenvalue weighted by molar-refractivity contribution is -0.268. The van der Waals surface area contributed by atoms with Crippen LogP contribution in [0.1, 0.15) is 41.6 Å². The molecule has 1 heterocycles. The summed E-state index contributed by atoms with van der Waals surface area (Å²) < 4.78 is 41.6. The molecule has 0 aliphatic carbocycles. The fraction of sp³-hybridized carbons (Fsp3) is 0.211. The molecule has 0 unspecified atom stereocenters. The van der Waals surface area contributed by atoms with Crippen LogP contribution in [-0.2, 0) is 32.6 Å². The lowest BCUT2D eigenvalue weighted by Gasteiger charge is -2.41. The van der Waals surface area contributed by atoms with E-state index < -0.39 is 16.3 Å². The van der Waals surface area contributed by atoms with Gasteiger partial charge in [-0.25, -0.2) is 13.1 Å². The van der Waals surface area contributed by atoms with Crippen LogP contribution in [0.5, 0.6) is 0 Å². The number of nitrogens with one attached hydrogen (secondary N) is 1. The van der Waals surface area contributed by atoms with Crippen LogP contribution in [-0.4, -0.2) is 25.4 Å². The van der Waals surface area contributed by atoms with Crippen LogP contribution in [0.25, 0.3) is 11.1 Å². The van der Waals surface area contributed by atoms with Crippen LogP contribution >= 0.6 is 11.8 Å². The van der Waals surface area contributed by atoms with Crippen molar-refractivity contribution in [3.8, 4) is 11.1 Å². The molecule has 8 heteroatoms. The molecular weight excluding hydrogens is 615 g/mol. The summed E-state index contributed by atoms with van der Waals surface area (Å²) in [4.78, 5) is 1.43. The summed E-state index contributed by atoms with van der Waals surface area (Å²) >= 11 is 1.78. The van der Waals surface area contributed by atoms with Crippen LogP contribution < -0.4 is 4.72 Å². The van der Waals surface area contributed by atoms with Gasteiger partial charge in [0.1, 0.15) is 0 Å². The van der Waals surface area contributed by atoms with Gasteiger partial charge in [-0.1, -0.05) is 104 Å². The molecule has 236 valence electrons. The van der Waals surface area contributed by atoms with Crippen molar-refractivity contribution in [3.63, 3.8) is 0 Å². The highest BCUT2D eigenvalue weighted by atomic mass is 32.2. The largest absolute Gasteiger partial charge is 0.392 e. The third-order valence-corrected chi connectivity index (χ3v) is 10.7. The van der Waals surface area contributed by atoms with Crippen molar-refractivity contribution in [2.24, 2.45) is 5.92 Å². The molecule has 4 atom stereocenters. The first kappa shape index (κ1) is 32.2. The molecule has 1 aliphatic heterocycles. The van der Waals surface area contributed by atoms with Crippen molar-refractivity contribution < 1.29 is 23.0 Å². The summed E-state index contributed by atoms with van der Waals surface area (Å²) in [5.74, 6) is 0.864. The fourth-order valence-electron chi connectivity index (χ4n) is 5.59. The van der Waals surface area contributed by atoms with Crippen LogP contribution in [0.2, 0.25) is 0 Å². The zero-order chi connectivity index (χ0) is 31.9. The number of rotatable bonds is 11. The number of thioether (sulfide) groups is 1. The summed E-state index contributed by atoms with van der Waals surface area (Å²) in [6, 6.07) is 42.7. The minimum absolute atomic E-state index is 0.00364. The van der Waals surface area contributed by atoms with Crippen LogP contribution in [0.15, 0.2) is 143 Å². The fourth-order valence-corrected chi connectivity index (χ4v) is 7.72. The van der Waals surface area contributed by atoms with Crippen LogP contribution in [0.4, 0.5) is 0 Å². The average molecular weight is 652 g/mol. The zero-order valence-corrected chi connectivity index (χ0v) is 27.2. The van der Waals surface area contributed by atoms with Crippen molar-refractivity contribution in [3.05, 3.63) is 156 Å². The number of hydrogen-bond donors (Lipinski definition) is 2. The average Bonchev–Trinajstić information content (AvgIpc) is 3.11. The maximum absolute atomic E-state index is 12.8. The van der Waals surface area contributed by atoms with E-state index in [4.69, 9.17) is 9.47 Å². The smallest absolute Gasteiger partial charge is 0.240 e. The van der Waals surface area contributed by atoms with E-state index in [0.717, 1.165) is 39.1 Å². The Kier molecular flexibility index (Phi) is 10.3. The van der Waals surface area contributed by atoms with Gasteiger partial charge in [0, 0.05) is 28.7 Å². The second-order valence-electron chi connectivity index (χ2n) is 11.4. The first-order valence-corrected chi connectivity index (χ1v) is 17.8. The third-order valence-electron chi connectivity index (χ3n) is 8.22. The van der Waals surface area contributed by atoms with Gasteiger partial charge in [0.05, 0.1) is 23.7 Å². The highest BCUT2D eigenvalue weighted by molar-refractivity contribution is 7.99. The van der Waals surface area contributed by atoms with Gasteiger partial charge in [0.2, 0.25) is 10.0 Å². The van der Waals surface area contributed by atoms with Crippen molar-refractivity contribution in [1.82, 2.24) is 4.72 Å². The Morgan fingerprint density at radius 2 is 1.39 bits per heavy atom. The number of aliphatic hydroxyl groups excluding tert-OH is 1. The van der Waals surface area contributed by atoms with E-state index >= 15 is 0 Å². The third kappa shape index (κ3) is 7.78. The van der Waals surface area contributed by atoms with Gasteiger partial charge >= 0.3 is 0 Å². The molecule has 0 spiro atoms. The van der Waals surface area contributed by atoms with Crippen molar-refractivity contribution in [2.75, 3.05) is 5.75 Å². The Hall–Kier alpha value is -3.76. The second-order valence-corrected chi connectivity index (χ2v) is 14.3. The molecule has 0 aromatic heterocycles. The molecule has 6 rings (SSSR count). The molecule has 1 fully saturated rings. The van der Waals surface area contributed by atoms with Gasteiger partial charge < -0.3 is 14.6 Å². The van der Waals surface area contributed by atoms with Crippen molar-refractivity contribution in [2.45, 2.75) is 48.4 Å². The van der Waals surface area contributed by atoms with Gasteiger partial charge in [-0.05, 0) is 64.2 Å². The van der Waals surface area contributed by atoms with E-state index in [1.54, 1.807) is 42.1 Å². The summed E-state index contributed by atoms with van der Waals surface area (Å²) in [6.07, 6.45) is -0.852. The first-order valence-electron chi connectivity index (χ1n) is 15.3. The molecule has 46 heavy (non-hydrogen) atoms. The van der Waals surface area contributed by atoms with E-state index in [1.807, 2.05) is 84.9 Å². The lowest BCUT2D eigenvalue weighted by Crippen LogP contribution is -2.38. The normalized spacial score (nSPS) is 20.0. The predicted molar refractivity (Wildman–Crippen MR) is 182 cm³/mol. The maximum atomic E-state index is 12.8. The molecule has 2 N–H and O–H groups in total. The van der Waals surface area contributed by atoms with Gasteiger partial charge in [-0.2, -0.15) is 0 Å². The minimum atomic E-state index is -3.62. The molecule has 5 aromatic rings. The number of benzene rings is 5. The Labute approximate surface area is 275 Å².